The van der Waals surface area contributed by atoms with Crippen LogP contribution in [0.4, 0.5) is 0 Å². The van der Waals surface area contributed by atoms with Crippen molar-refractivity contribution in [1.82, 2.24) is 14.8 Å². The van der Waals surface area contributed by atoms with Gasteiger partial charge in [-0.2, -0.15) is 5.10 Å². The summed E-state index contributed by atoms with van der Waals surface area (Å²) in [5.41, 5.74) is 1.13. The number of halogens is 2. The minimum Gasteiger partial charge on any atom is -0.484 e. The molecule has 4 nitrogen and oxygen atoms in total. The average molecular weight is 366 g/mol. The third-order valence-corrected chi connectivity index (χ3v) is 4.11. The minimum atomic E-state index is 0.251. The number of nitrogens with one attached hydrogen (secondary N) is 1. The van der Waals surface area contributed by atoms with E-state index in [1.165, 1.54) is 0 Å². The van der Waals surface area contributed by atoms with E-state index in [4.69, 9.17) is 40.2 Å². The van der Waals surface area contributed by atoms with E-state index in [1.807, 2.05) is 34.9 Å². The molecule has 0 fully saturated rings. The molecule has 0 aliphatic carbocycles. The molecule has 3 rings (SSSR count). The number of hydrogen-bond donors (Lipinski definition) is 1. The molecule has 7 heteroatoms. The first-order valence-electron chi connectivity index (χ1n) is 6.89. The summed E-state index contributed by atoms with van der Waals surface area (Å²) >= 11 is 17.3. The van der Waals surface area contributed by atoms with Gasteiger partial charge in [0.05, 0.1) is 11.6 Å². The Morgan fingerprint density at radius 3 is 2.65 bits per heavy atom. The van der Waals surface area contributed by atoms with Crippen molar-refractivity contribution in [3.05, 3.63) is 74.7 Å². The van der Waals surface area contributed by atoms with Crippen molar-refractivity contribution in [3.63, 3.8) is 0 Å². The van der Waals surface area contributed by atoms with Crippen molar-refractivity contribution in [2.24, 2.45) is 0 Å². The average Bonchev–Trinajstić information content (AvgIpc) is 2.88. The van der Waals surface area contributed by atoms with Gasteiger partial charge < -0.3 is 4.74 Å². The zero-order valence-corrected chi connectivity index (χ0v) is 14.3. The molecule has 1 N–H and O–H groups in total. The monoisotopic (exact) mass is 365 g/mol. The number of nitrogens with zero attached hydrogens (tertiary/aromatic N) is 2. The van der Waals surface area contributed by atoms with Crippen LogP contribution in [0.2, 0.25) is 10.0 Å². The summed E-state index contributed by atoms with van der Waals surface area (Å²) in [7, 11) is 0. The molecule has 23 heavy (non-hydrogen) atoms. The standard InChI is InChI=1S/C16H13Cl2N3OS/c17-12-6-7-14(13(18)8-12)22-10-15-19-20-16(23)21(15)9-11-4-2-1-3-5-11/h1-8H,9-10H2,(H,20,23). The van der Waals surface area contributed by atoms with Gasteiger partial charge in [-0.25, -0.2) is 0 Å². The van der Waals surface area contributed by atoms with Crippen LogP contribution in [0.25, 0.3) is 0 Å². The molecule has 0 aliphatic heterocycles. The van der Waals surface area contributed by atoms with E-state index in [-0.39, 0.29) is 6.61 Å². The van der Waals surface area contributed by atoms with Crippen LogP contribution in [0.5, 0.6) is 5.75 Å². The Kier molecular flexibility index (Phi) is 5.00. The highest BCUT2D eigenvalue weighted by Gasteiger charge is 2.09. The van der Waals surface area contributed by atoms with Gasteiger partial charge in [0.2, 0.25) is 0 Å². The van der Waals surface area contributed by atoms with Gasteiger partial charge in [0.1, 0.15) is 12.4 Å². The first-order valence-corrected chi connectivity index (χ1v) is 8.06. The van der Waals surface area contributed by atoms with Crippen molar-refractivity contribution in [2.45, 2.75) is 13.2 Å². The van der Waals surface area contributed by atoms with Crippen LogP contribution >= 0.6 is 35.4 Å². The smallest absolute Gasteiger partial charge is 0.195 e. The summed E-state index contributed by atoms with van der Waals surface area (Å²) in [4.78, 5) is 0. The van der Waals surface area contributed by atoms with Crippen molar-refractivity contribution >= 4 is 35.4 Å². The molecule has 1 heterocycles. The van der Waals surface area contributed by atoms with Crippen LogP contribution in [0.1, 0.15) is 11.4 Å². The Morgan fingerprint density at radius 1 is 1.13 bits per heavy atom. The third-order valence-electron chi connectivity index (χ3n) is 3.27. The summed E-state index contributed by atoms with van der Waals surface area (Å²) in [5.74, 6) is 1.25. The normalized spacial score (nSPS) is 10.7. The van der Waals surface area contributed by atoms with Gasteiger partial charge in [-0.3, -0.25) is 9.67 Å². The lowest BCUT2D eigenvalue weighted by Crippen LogP contribution is -2.08. The molecule has 0 bridgehead atoms. The molecule has 1 aromatic heterocycles. The zero-order chi connectivity index (χ0) is 16.2. The van der Waals surface area contributed by atoms with Crippen LogP contribution in [0.3, 0.4) is 0 Å². The summed E-state index contributed by atoms with van der Waals surface area (Å²) in [6, 6.07) is 15.1. The van der Waals surface area contributed by atoms with Crippen molar-refractivity contribution in [1.29, 1.82) is 0 Å². The highest BCUT2D eigenvalue weighted by atomic mass is 35.5. The lowest BCUT2D eigenvalue weighted by atomic mass is 10.2. The summed E-state index contributed by atoms with van der Waals surface area (Å²) < 4.78 is 8.18. The van der Waals surface area contributed by atoms with Crippen molar-refractivity contribution in [3.8, 4) is 5.75 Å². The number of aromatic amines is 1. The number of aromatic nitrogens is 3. The van der Waals surface area contributed by atoms with Gasteiger partial charge in [0.15, 0.2) is 10.6 Å². The molecule has 0 saturated carbocycles. The Hall–Kier alpha value is -1.82. The van der Waals surface area contributed by atoms with E-state index in [0.29, 0.717) is 32.9 Å². The van der Waals surface area contributed by atoms with Gasteiger partial charge >= 0.3 is 0 Å². The lowest BCUT2D eigenvalue weighted by Gasteiger charge is -2.10. The highest BCUT2D eigenvalue weighted by Crippen LogP contribution is 2.28. The fraction of sp³-hybridized carbons (Fsp3) is 0.125. The Balaban J connectivity index is 1.77. The predicted octanol–water partition coefficient (Wildman–Crippen LogP) is 4.87. The van der Waals surface area contributed by atoms with Gasteiger partial charge in [0.25, 0.3) is 0 Å². The maximum Gasteiger partial charge on any atom is 0.195 e. The molecule has 0 atom stereocenters. The Bertz CT molecular complexity index is 861. The maximum absolute atomic E-state index is 6.11. The van der Waals surface area contributed by atoms with E-state index in [9.17, 15) is 0 Å². The predicted molar refractivity (Wildman–Crippen MR) is 93.7 cm³/mol. The van der Waals surface area contributed by atoms with E-state index >= 15 is 0 Å². The third kappa shape index (κ3) is 3.93. The maximum atomic E-state index is 6.11. The second-order valence-electron chi connectivity index (χ2n) is 4.88. The molecule has 0 unspecified atom stereocenters. The van der Waals surface area contributed by atoms with Crippen LogP contribution in [-0.4, -0.2) is 14.8 Å². The van der Waals surface area contributed by atoms with E-state index in [2.05, 4.69) is 10.2 Å². The second-order valence-corrected chi connectivity index (χ2v) is 6.11. The van der Waals surface area contributed by atoms with E-state index in [0.717, 1.165) is 5.56 Å². The number of ether oxygens (including phenoxy) is 1. The highest BCUT2D eigenvalue weighted by molar-refractivity contribution is 7.71. The zero-order valence-electron chi connectivity index (χ0n) is 12.0. The number of hydrogen-bond acceptors (Lipinski definition) is 3. The summed E-state index contributed by atoms with van der Waals surface area (Å²) in [6.07, 6.45) is 0. The largest absolute Gasteiger partial charge is 0.484 e. The van der Waals surface area contributed by atoms with Crippen LogP contribution in [-0.2, 0) is 13.2 Å². The van der Waals surface area contributed by atoms with E-state index < -0.39 is 0 Å². The van der Waals surface area contributed by atoms with E-state index in [1.54, 1.807) is 18.2 Å². The van der Waals surface area contributed by atoms with Crippen LogP contribution in [0, 0.1) is 4.77 Å². The number of benzene rings is 2. The quantitative estimate of drug-likeness (QED) is 0.655. The van der Waals surface area contributed by atoms with Crippen molar-refractivity contribution in [2.75, 3.05) is 0 Å². The van der Waals surface area contributed by atoms with Crippen molar-refractivity contribution < 1.29 is 4.74 Å². The first-order chi connectivity index (χ1) is 11.1. The van der Waals surface area contributed by atoms with Gasteiger partial charge in [0, 0.05) is 5.02 Å². The minimum absolute atomic E-state index is 0.251. The Morgan fingerprint density at radius 2 is 1.91 bits per heavy atom. The number of rotatable bonds is 5. The molecule has 0 saturated heterocycles. The molecule has 0 amide bonds. The topological polar surface area (TPSA) is 42.8 Å². The SMILES string of the molecule is S=c1[nH]nc(COc2ccc(Cl)cc2Cl)n1Cc1ccccc1. The molecule has 2 aromatic carbocycles. The second kappa shape index (κ2) is 7.17. The molecule has 0 aliphatic rings. The number of H-pyrrole nitrogens is 1. The fourth-order valence-corrected chi connectivity index (χ4v) is 2.80. The fourth-order valence-electron chi connectivity index (χ4n) is 2.12. The van der Waals surface area contributed by atoms with Gasteiger partial charge in [-0.05, 0) is 36.0 Å². The summed E-state index contributed by atoms with van der Waals surface area (Å²) in [5, 5.41) is 8.05. The van der Waals surface area contributed by atoms with Crippen LogP contribution < -0.4 is 4.74 Å². The molecule has 3 aromatic rings. The molecule has 0 spiro atoms. The Labute approximate surface area is 148 Å². The summed E-state index contributed by atoms with van der Waals surface area (Å²) in [6.45, 7) is 0.880. The van der Waals surface area contributed by atoms with Gasteiger partial charge in [-0.1, -0.05) is 53.5 Å². The molecule has 118 valence electrons. The molecule has 0 radical (unpaired) electrons. The van der Waals surface area contributed by atoms with Crippen LogP contribution in [0.15, 0.2) is 48.5 Å². The molecular formula is C16H13Cl2N3OS. The van der Waals surface area contributed by atoms with Gasteiger partial charge in [-0.15, -0.1) is 0 Å². The first kappa shape index (κ1) is 16.1. The lowest BCUT2D eigenvalue weighted by molar-refractivity contribution is 0.290. The molecular weight excluding hydrogens is 353 g/mol.